The summed E-state index contributed by atoms with van der Waals surface area (Å²) in [6, 6.07) is 9.41. The van der Waals surface area contributed by atoms with Crippen LogP contribution in [0.5, 0.6) is 0 Å². The van der Waals surface area contributed by atoms with Crippen molar-refractivity contribution in [3.8, 4) is 0 Å². The van der Waals surface area contributed by atoms with Gasteiger partial charge in [0.05, 0.1) is 15.6 Å². The minimum atomic E-state index is -4.07. The van der Waals surface area contributed by atoms with Crippen molar-refractivity contribution < 1.29 is 26.6 Å². The molecule has 0 unspecified atom stereocenters. The van der Waals surface area contributed by atoms with Crippen LogP contribution in [0.2, 0.25) is 0 Å². The highest BCUT2D eigenvalue weighted by molar-refractivity contribution is 7.92. The van der Waals surface area contributed by atoms with E-state index in [0.717, 1.165) is 6.07 Å². The van der Waals surface area contributed by atoms with Crippen LogP contribution in [0, 0.1) is 17.0 Å². The first-order valence-corrected chi connectivity index (χ1v) is 13.2. The van der Waals surface area contributed by atoms with Crippen LogP contribution in [0.15, 0.2) is 47.4 Å². The zero-order valence-electron chi connectivity index (χ0n) is 18.1. The number of sulfonamides is 2. The number of carbonyl (C=O) groups excluding carboxylic acids is 1. The third-order valence-electron chi connectivity index (χ3n) is 5.36. The molecule has 2 aromatic carbocycles. The van der Waals surface area contributed by atoms with Gasteiger partial charge in [-0.25, -0.2) is 16.8 Å². The fourth-order valence-corrected chi connectivity index (χ4v) is 5.55. The average molecular weight is 497 g/mol. The summed E-state index contributed by atoms with van der Waals surface area (Å²) in [5.41, 5.74) is 0.560. The number of nitro groups is 1. The normalized spacial score (nSPS) is 15.3. The van der Waals surface area contributed by atoms with Crippen molar-refractivity contribution in [1.29, 1.82) is 0 Å². The van der Waals surface area contributed by atoms with Crippen LogP contribution in [0.4, 0.5) is 11.4 Å². The summed E-state index contributed by atoms with van der Waals surface area (Å²) in [4.78, 5) is 24.5. The van der Waals surface area contributed by atoms with Crippen molar-refractivity contribution in [1.82, 2.24) is 9.21 Å². The summed E-state index contributed by atoms with van der Waals surface area (Å²) in [6.45, 7) is 4.06. The highest BCUT2D eigenvalue weighted by atomic mass is 32.2. The quantitative estimate of drug-likeness (QED) is 0.454. The van der Waals surface area contributed by atoms with E-state index in [1.807, 2.05) is 0 Å². The second kappa shape index (κ2) is 9.45. The lowest BCUT2D eigenvalue weighted by Crippen LogP contribution is -2.50. The second-order valence-corrected chi connectivity index (χ2v) is 11.4. The highest BCUT2D eigenvalue weighted by Gasteiger charge is 2.28. The molecule has 1 aliphatic rings. The number of aryl methyl sites for hydroxylation is 1. The third-order valence-corrected chi connectivity index (χ3v) is 8.62. The number of anilines is 1. The molecule has 11 nitrogen and oxygen atoms in total. The summed E-state index contributed by atoms with van der Waals surface area (Å²) < 4.78 is 52.9. The van der Waals surface area contributed by atoms with Crippen LogP contribution in [-0.2, 0) is 20.0 Å². The van der Waals surface area contributed by atoms with Crippen LogP contribution in [0.1, 0.15) is 22.8 Å². The molecule has 1 amide bonds. The lowest BCUT2D eigenvalue weighted by atomic mass is 10.1. The van der Waals surface area contributed by atoms with Crippen molar-refractivity contribution in [2.75, 3.05) is 36.7 Å². The number of rotatable bonds is 7. The van der Waals surface area contributed by atoms with E-state index in [2.05, 4.69) is 4.72 Å². The Morgan fingerprint density at radius 3 is 2.18 bits per heavy atom. The predicted octanol–water partition coefficient (Wildman–Crippen LogP) is 1.81. The molecule has 0 atom stereocenters. The predicted molar refractivity (Wildman–Crippen MR) is 122 cm³/mol. The maximum Gasteiger partial charge on any atom is 0.273 e. The molecule has 1 heterocycles. The first-order chi connectivity index (χ1) is 15.4. The zero-order chi connectivity index (χ0) is 24.4. The number of benzene rings is 2. The van der Waals surface area contributed by atoms with Crippen LogP contribution < -0.4 is 4.72 Å². The molecule has 0 aromatic heterocycles. The Labute approximate surface area is 192 Å². The van der Waals surface area contributed by atoms with Crippen molar-refractivity contribution in [3.05, 3.63) is 63.7 Å². The molecular formula is C20H24N4O7S2. The number of nitro benzene ring substituents is 1. The Hall–Kier alpha value is -3.03. The molecule has 33 heavy (non-hydrogen) atoms. The average Bonchev–Trinajstić information content (AvgIpc) is 2.79. The molecule has 3 rings (SSSR count). The van der Waals surface area contributed by atoms with Gasteiger partial charge in [0.25, 0.3) is 21.6 Å². The largest absolute Gasteiger partial charge is 0.336 e. The summed E-state index contributed by atoms with van der Waals surface area (Å²) in [5, 5.41) is 11.1. The van der Waals surface area contributed by atoms with Gasteiger partial charge >= 0.3 is 0 Å². The van der Waals surface area contributed by atoms with E-state index < -0.39 is 25.0 Å². The second-order valence-electron chi connectivity index (χ2n) is 7.48. The van der Waals surface area contributed by atoms with E-state index in [9.17, 15) is 31.7 Å². The van der Waals surface area contributed by atoms with Gasteiger partial charge in [-0.1, -0.05) is 6.07 Å². The monoisotopic (exact) mass is 496 g/mol. The van der Waals surface area contributed by atoms with Crippen LogP contribution in [-0.4, -0.2) is 68.8 Å². The Kier molecular flexibility index (Phi) is 7.05. The maximum atomic E-state index is 12.7. The molecule has 0 bridgehead atoms. The van der Waals surface area contributed by atoms with Gasteiger partial charge in [-0.2, -0.15) is 4.31 Å². The molecular weight excluding hydrogens is 472 g/mol. The van der Waals surface area contributed by atoms with Gasteiger partial charge in [0.2, 0.25) is 10.0 Å². The van der Waals surface area contributed by atoms with Gasteiger partial charge in [-0.05, 0) is 44.2 Å². The van der Waals surface area contributed by atoms with Crippen LogP contribution in [0.3, 0.4) is 0 Å². The number of piperazine rings is 1. The van der Waals surface area contributed by atoms with Crippen molar-refractivity contribution in [2.24, 2.45) is 0 Å². The summed E-state index contributed by atoms with van der Waals surface area (Å²) in [7, 11) is -7.37. The fourth-order valence-electron chi connectivity index (χ4n) is 3.38. The molecule has 0 radical (unpaired) electrons. The van der Waals surface area contributed by atoms with Crippen LogP contribution in [0.25, 0.3) is 0 Å². The zero-order valence-corrected chi connectivity index (χ0v) is 19.7. The van der Waals surface area contributed by atoms with E-state index >= 15 is 0 Å². The number of nitrogens with zero attached hydrogens (tertiary/aromatic N) is 3. The molecule has 2 aromatic rings. The van der Waals surface area contributed by atoms with Gasteiger partial charge in [-0.3, -0.25) is 19.6 Å². The summed E-state index contributed by atoms with van der Waals surface area (Å²) in [6.07, 6.45) is 0. The van der Waals surface area contributed by atoms with Crippen LogP contribution >= 0.6 is 0 Å². The molecule has 0 saturated carbocycles. The van der Waals surface area contributed by atoms with Gasteiger partial charge in [0, 0.05) is 49.1 Å². The Bertz CT molecular complexity index is 1270. The topological polar surface area (TPSA) is 147 Å². The Balaban J connectivity index is 1.69. The third kappa shape index (κ3) is 5.49. The summed E-state index contributed by atoms with van der Waals surface area (Å²) >= 11 is 0. The molecule has 1 N–H and O–H groups in total. The number of hydrogen-bond donors (Lipinski definition) is 1. The number of nitrogens with one attached hydrogen (secondary N) is 1. The molecule has 1 aliphatic heterocycles. The number of amides is 1. The standard InChI is InChI=1S/C20H24N4O7S2/c1-3-32(28,29)23-12-10-22(11-13-23)20(25)16-5-7-17(8-6-16)21-33(30,31)18-9-4-15(2)19(14-18)24(26)27/h4-9,14,21H,3,10-13H2,1-2H3. The highest BCUT2D eigenvalue weighted by Crippen LogP contribution is 2.24. The first-order valence-electron chi connectivity index (χ1n) is 10.1. The van der Waals surface area contributed by atoms with E-state index in [1.54, 1.807) is 11.8 Å². The fraction of sp³-hybridized carbons (Fsp3) is 0.350. The molecule has 0 spiro atoms. The van der Waals surface area contributed by atoms with Gasteiger partial charge < -0.3 is 4.90 Å². The van der Waals surface area contributed by atoms with E-state index in [-0.39, 0.29) is 54.1 Å². The molecule has 1 fully saturated rings. The minimum absolute atomic E-state index is 0.00819. The number of hydrogen-bond acceptors (Lipinski definition) is 7. The SMILES string of the molecule is CCS(=O)(=O)N1CCN(C(=O)c2ccc(NS(=O)(=O)c3ccc(C)c([N+](=O)[O-])c3)cc2)CC1. The Morgan fingerprint density at radius 2 is 1.64 bits per heavy atom. The first kappa shape index (κ1) is 24.6. The van der Waals surface area contributed by atoms with Crippen molar-refractivity contribution >= 4 is 37.3 Å². The molecule has 0 aliphatic carbocycles. The molecule has 1 saturated heterocycles. The Morgan fingerprint density at radius 1 is 1.03 bits per heavy atom. The van der Waals surface area contributed by atoms with Crippen molar-refractivity contribution in [3.63, 3.8) is 0 Å². The minimum Gasteiger partial charge on any atom is -0.336 e. The lowest BCUT2D eigenvalue weighted by molar-refractivity contribution is -0.385. The smallest absolute Gasteiger partial charge is 0.273 e. The van der Waals surface area contributed by atoms with Gasteiger partial charge in [-0.15, -0.1) is 0 Å². The molecule has 13 heteroatoms. The van der Waals surface area contributed by atoms with Gasteiger partial charge in [0.1, 0.15) is 0 Å². The number of carbonyl (C=O) groups is 1. The summed E-state index contributed by atoms with van der Waals surface area (Å²) in [5.74, 6) is -0.277. The van der Waals surface area contributed by atoms with E-state index in [0.29, 0.717) is 11.1 Å². The van der Waals surface area contributed by atoms with E-state index in [4.69, 9.17) is 0 Å². The maximum absolute atomic E-state index is 12.7. The van der Waals surface area contributed by atoms with Gasteiger partial charge in [0.15, 0.2) is 0 Å². The van der Waals surface area contributed by atoms with E-state index in [1.165, 1.54) is 47.6 Å². The lowest BCUT2D eigenvalue weighted by Gasteiger charge is -2.33. The van der Waals surface area contributed by atoms with Crippen molar-refractivity contribution in [2.45, 2.75) is 18.7 Å². The molecule has 178 valence electrons.